The minimum atomic E-state index is -0.00359. The molecule has 0 radical (unpaired) electrons. The van der Waals surface area contributed by atoms with E-state index in [1.54, 1.807) is 0 Å². The summed E-state index contributed by atoms with van der Waals surface area (Å²) in [6.07, 6.45) is 2.49. The zero-order valence-corrected chi connectivity index (χ0v) is 9.87. The summed E-state index contributed by atoms with van der Waals surface area (Å²) in [7, 11) is 0. The normalized spacial score (nSPS) is 11.2. The number of anilines is 1. The third kappa shape index (κ3) is 4.63. The number of nitrogens with one attached hydrogen (secondary N) is 1. The maximum Gasteiger partial charge on any atom is 0.218 e. The van der Waals surface area contributed by atoms with Crippen molar-refractivity contribution in [3.63, 3.8) is 0 Å². The van der Waals surface area contributed by atoms with Crippen molar-refractivity contribution in [2.45, 2.75) is 39.7 Å². The van der Waals surface area contributed by atoms with Crippen LogP contribution in [0.15, 0.2) is 12.4 Å². The van der Waals surface area contributed by atoms with Crippen molar-refractivity contribution >= 4 is 5.82 Å². The van der Waals surface area contributed by atoms with E-state index in [0.717, 1.165) is 12.2 Å². The molecule has 0 aliphatic rings. The maximum absolute atomic E-state index is 5.42. The fourth-order valence-corrected chi connectivity index (χ4v) is 1.08. The SMILES string of the molecule is CCCOc1cc(NC(C)(C)C)ncn1. The van der Waals surface area contributed by atoms with E-state index in [0.29, 0.717) is 12.5 Å². The van der Waals surface area contributed by atoms with E-state index in [-0.39, 0.29) is 5.54 Å². The van der Waals surface area contributed by atoms with Gasteiger partial charge in [-0.1, -0.05) is 6.92 Å². The molecule has 4 heteroatoms. The van der Waals surface area contributed by atoms with Gasteiger partial charge in [0.15, 0.2) is 0 Å². The van der Waals surface area contributed by atoms with Crippen LogP contribution in [0.1, 0.15) is 34.1 Å². The van der Waals surface area contributed by atoms with Gasteiger partial charge in [-0.15, -0.1) is 0 Å². The van der Waals surface area contributed by atoms with E-state index in [1.807, 2.05) is 6.07 Å². The van der Waals surface area contributed by atoms with Crippen LogP contribution in [0.3, 0.4) is 0 Å². The van der Waals surface area contributed by atoms with Gasteiger partial charge >= 0.3 is 0 Å². The van der Waals surface area contributed by atoms with E-state index in [4.69, 9.17) is 4.74 Å². The molecule has 1 heterocycles. The highest BCUT2D eigenvalue weighted by Gasteiger charge is 2.10. The molecule has 0 saturated carbocycles. The van der Waals surface area contributed by atoms with Gasteiger partial charge in [0.2, 0.25) is 5.88 Å². The Morgan fingerprint density at radius 2 is 2.07 bits per heavy atom. The van der Waals surface area contributed by atoms with Gasteiger partial charge in [-0.3, -0.25) is 0 Å². The first-order chi connectivity index (χ1) is 7.01. The Morgan fingerprint density at radius 1 is 1.33 bits per heavy atom. The summed E-state index contributed by atoms with van der Waals surface area (Å²) in [4.78, 5) is 8.16. The molecular weight excluding hydrogens is 190 g/mol. The van der Waals surface area contributed by atoms with E-state index in [9.17, 15) is 0 Å². The van der Waals surface area contributed by atoms with Crippen LogP contribution in [0.2, 0.25) is 0 Å². The van der Waals surface area contributed by atoms with E-state index >= 15 is 0 Å². The fraction of sp³-hybridized carbons (Fsp3) is 0.636. The molecular formula is C11H19N3O. The van der Waals surface area contributed by atoms with Gasteiger partial charge in [0.25, 0.3) is 0 Å². The van der Waals surface area contributed by atoms with Crippen LogP contribution in [0.4, 0.5) is 5.82 Å². The Morgan fingerprint density at radius 3 is 2.67 bits per heavy atom. The predicted octanol–water partition coefficient (Wildman–Crippen LogP) is 2.48. The molecule has 15 heavy (non-hydrogen) atoms. The largest absolute Gasteiger partial charge is 0.478 e. The lowest BCUT2D eigenvalue weighted by Gasteiger charge is -2.21. The van der Waals surface area contributed by atoms with Gasteiger partial charge < -0.3 is 10.1 Å². The molecule has 0 aliphatic heterocycles. The topological polar surface area (TPSA) is 47.0 Å². The van der Waals surface area contributed by atoms with Gasteiger partial charge in [0.1, 0.15) is 12.1 Å². The third-order valence-corrected chi connectivity index (χ3v) is 1.60. The summed E-state index contributed by atoms with van der Waals surface area (Å²) in [5, 5.41) is 3.27. The second kappa shape index (κ2) is 4.96. The number of ether oxygens (including phenoxy) is 1. The van der Waals surface area contributed by atoms with Crippen LogP contribution in [0, 0.1) is 0 Å². The van der Waals surface area contributed by atoms with Crippen LogP contribution in [-0.4, -0.2) is 22.1 Å². The standard InChI is InChI=1S/C11H19N3O/c1-5-6-15-10-7-9(12-8-13-10)14-11(2,3)4/h7-8H,5-6H2,1-4H3,(H,12,13,14). The van der Waals surface area contributed by atoms with Crippen molar-refractivity contribution in [3.05, 3.63) is 12.4 Å². The molecule has 0 bridgehead atoms. The van der Waals surface area contributed by atoms with Crippen molar-refractivity contribution in [2.75, 3.05) is 11.9 Å². The molecule has 1 aromatic rings. The zero-order chi connectivity index (χ0) is 11.3. The molecule has 0 atom stereocenters. The first-order valence-electron chi connectivity index (χ1n) is 5.24. The van der Waals surface area contributed by atoms with Crippen LogP contribution in [0.25, 0.3) is 0 Å². The molecule has 84 valence electrons. The average molecular weight is 209 g/mol. The predicted molar refractivity (Wildman–Crippen MR) is 61.2 cm³/mol. The monoisotopic (exact) mass is 209 g/mol. The molecule has 0 amide bonds. The number of rotatable bonds is 4. The molecule has 1 N–H and O–H groups in total. The highest BCUT2D eigenvalue weighted by atomic mass is 16.5. The summed E-state index contributed by atoms with van der Waals surface area (Å²) in [5.41, 5.74) is -0.00359. The van der Waals surface area contributed by atoms with Crippen molar-refractivity contribution in [2.24, 2.45) is 0 Å². The summed E-state index contributed by atoms with van der Waals surface area (Å²) in [6, 6.07) is 1.82. The van der Waals surface area contributed by atoms with Crippen LogP contribution in [0.5, 0.6) is 5.88 Å². The lowest BCUT2D eigenvalue weighted by atomic mass is 10.1. The molecule has 1 rings (SSSR count). The average Bonchev–Trinajstić information content (AvgIpc) is 2.12. The van der Waals surface area contributed by atoms with E-state index in [2.05, 4.69) is 43.0 Å². The van der Waals surface area contributed by atoms with Crippen LogP contribution < -0.4 is 10.1 Å². The minimum absolute atomic E-state index is 0.00359. The van der Waals surface area contributed by atoms with Gasteiger partial charge in [-0.2, -0.15) is 0 Å². The van der Waals surface area contributed by atoms with Crippen LogP contribution in [-0.2, 0) is 0 Å². The minimum Gasteiger partial charge on any atom is -0.478 e. The molecule has 0 aromatic carbocycles. The number of nitrogens with zero attached hydrogens (tertiary/aromatic N) is 2. The summed E-state index contributed by atoms with van der Waals surface area (Å²) >= 11 is 0. The first-order valence-corrected chi connectivity index (χ1v) is 5.24. The molecule has 0 saturated heterocycles. The smallest absolute Gasteiger partial charge is 0.218 e. The third-order valence-electron chi connectivity index (χ3n) is 1.60. The second-order valence-electron chi connectivity index (χ2n) is 4.46. The quantitative estimate of drug-likeness (QED) is 0.827. The van der Waals surface area contributed by atoms with Crippen LogP contribution >= 0.6 is 0 Å². The highest BCUT2D eigenvalue weighted by molar-refractivity contribution is 5.39. The number of aromatic nitrogens is 2. The maximum atomic E-state index is 5.42. The van der Waals surface area contributed by atoms with E-state index < -0.39 is 0 Å². The summed E-state index contributed by atoms with van der Waals surface area (Å²) in [5.74, 6) is 1.42. The zero-order valence-electron chi connectivity index (χ0n) is 9.87. The molecule has 0 fully saturated rings. The fourth-order valence-electron chi connectivity index (χ4n) is 1.08. The van der Waals surface area contributed by atoms with Crippen molar-refractivity contribution in [1.29, 1.82) is 0 Å². The van der Waals surface area contributed by atoms with Gasteiger partial charge in [-0.25, -0.2) is 9.97 Å². The number of hydrogen-bond acceptors (Lipinski definition) is 4. The highest BCUT2D eigenvalue weighted by Crippen LogP contribution is 2.15. The Labute approximate surface area is 91.1 Å². The van der Waals surface area contributed by atoms with Crippen molar-refractivity contribution < 1.29 is 4.74 Å². The van der Waals surface area contributed by atoms with Crippen molar-refractivity contribution in [1.82, 2.24) is 9.97 Å². The lowest BCUT2D eigenvalue weighted by Crippen LogP contribution is -2.26. The Hall–Kier alpha value is -1.32. The van der Waals surface area contributed by atoms with Gasteiger partial charge in [0.05, 0.1) is 6.61 Å². The molecule has 4 nitrogen and oxygen atoms in total. The summed E-state index contributed by atoms with van der Waals surface area (Å²) < 4.78 is 5.42. The van der Waals surface area contributed by atoms with Crippen molar-refractivity contribution in [3.8, 4) is 5.88 Å². The summed E-state index contributed by atoms with van der Waals surface area (Å²) in [6.45, 7) is 9.01. The molecule has 0 spiro atoms. The second-order valence-corrected chi connectivity index (χ2v) is 4.46. The van der Waals surface area contributed by atoms with E-state index in [1.165, 1.54) is 6.33 Å². The molecule has 1 aromatic heterocycles. The first kappa shape index (κ1) is 11.8. The van der Waals surface area contributed by atoms with Gasteiger partial charge in [0, 0.05) is 11.6 Å². The Balaban J connectivity index is 2.66. The van der Waals surface area contributed by atoms with Gasteiger partial charge in [-0.05, 0) is 27.2 Å². The molecule has 0 aliphatic carbocycles. The lowest BCUT2D eigenvalue weighted by molar-refractivity contribution is 0.305. The Kier molecular flexibility index (Phi) is 3.88. The Bertz CT molecular complexity index is 307. The number of hydrogen-bond donors (Lipinski definition) is 1. The molecule has 0 unspecified atom stereocenters.